The molecule has 0 radical (unpaired) electrons. The van der Waals surface area contributed by atoms with E-state index in [1.807, 2.05) is 0 Å². The van der Waals surface area contributed by atoms with Crippen LogP contribution in [0, 0.1) is 0 Å². The lowest BCUT2D eigenvalue weighted by Gasteiger charge is -1.97. The predicted octanol–water partition coefficient (Wildman–Crippen LogP) is 3.66. The zero-order valence-corrected chi connectivity index (χ0v) is 12.8. The lowest BCUT2D eigenvalue weighted by atomic mass is 10.3. The van der Waals surface area contributed by atoms with Crippen LogP contribution in [0.25, 0.3) is 0 Å². The number of unbranched alkanes of at least 4 members (excludes halogenated alkanes) is 1. The van der Waals surface area contributed by atoms with Crippen LogP contribution in [-0.2, 0) is 14.1 Å². The van der Waals surface area contributed by atoms with Crippen molar-refractivity contribution >= 4 is 8.68 Å². The normalized spacial score (nSPS) is 22.6. The molecule has 1 aliphatic carbocycles. The minimum atomic E-state index is -0.880. The average Bonchev–Trinajstić information content (AvgIpc) is 3.34. The van der Waals surface area contributed by atoms with Gasteiger partial charge in [0.15, 0.2) is 0 Å². The molecule has 0 bridgehead atoms. The van der Waals surface area contributed by atoms with Gasteiger partial charge in [-0.1, -0.05) is 46.0 Å². The Kier molecular flexibility index (Phi) is 13.3. The van der Waals surface area contributed by atoms with Crippen LogP contribution in [-0.4, -0.2) is 33.3 Å². The van der Waals surface area contributed by atoms with E-state index in [1.54, 1.807) is 0 Å². The van der Waals surface area contributed by atoms with E-state index in [0.29, 0.717) is 13.2 Å². The van der Waals surface area contributed by atoms with Gasteiger partial charge in [-0.15, -0.1) is 0 Å². The van der Waals surface area contributed by atoms with Crippen LogP contribution >= 0.6 is 0 Å². The van der Waals surface area contributed by atoms with Crippen molar-refractivity contribution < 1.29 is 19.3 Å². The maximum absolute atomic E-state index is 9.74. The quantitative estimate of drug-likeness (QED) is 0.475. The van der Waals surface area contributed by atoms with Crippen LogP contribution in [0.4, 0.5) is 0 Å². The maximum atomic E-state index is 9.74. The summed E-state index contributed by atoms with van der Waals surface area (Å²) in [4.78, 5) is 3.99. The molecule has 2 heterocycles. The largest absolute Gasteiger partial charge is 0.388 e. The molecule has 2 saturated heterocycles. The zero-order valence-electron chi connectivity index (χ0n) is 11.8. The smallest absolute Gasteiger partial charge is 0.276 e. The molecule has 0 aromatic heterocycles. The molecule has 108 valence electrons. The summed E-state index contributed by atoms with van der Waals surface area (Å²) in [6.45, 7) is 5.61. The third-order valence-corrected chi connectivity index (χ3v) is 3.25. The van der Waals surface area contributed by atoms with E-state index in [4.69, 9.17) is 9.99 Å². The van der Waals surface area contributed by atoms with Crippen molar-refractivity contribution in [2.45, 2.75) is 70.6 Å². The summed E-state index contributed by atoms with van der Waals surface area (Å²) < 4.78 is 14.6. The Morgan fingerprint density at radius 1 is 1.22 bits per heavy atom. The van der Waals surface area contributed by atoms with Crippen molar-refractivity contribution in [2.75, 3.05) is 13.2 Å². The average molecular weight is 276 g/mol. The van der Waals surface area contributed by atoms with Crippen LogP contribution in [0.1, 0.15) is 52.4 Å². The highest BCUT2D eigenvalue weighted by Crippen LogP contribution is 2.14. The van der Waals surface area contributed by atoms with Crippen LogP contribution in [0.2, 0.25) is 12.1 Å². The number of hydrogen-bond acceptors (Lipinski definition) is 4. The highest BCUT2D eigenvalue weighted by molar-refractivity contribution is 6.54. The number of hydrogen-bond donors (Lipinski definition) is 1. The Hall–Kier alpha value is -0.103. The summed E-state index contributed by atoms with van der Waals surface area (Å²) in [5.74, 6) is 0. The first-order valence-corrected chi connectivity index (χ1v) is 8.96. The van der Waals surface area contributed by atoms with E-state index in [2.05, 4.69) is 18.7 Å². The van der Waals surface area contributed by atoms with E-state index >= 15 is 0 Å². The zero-order chi connectivity index (χ0) is 13.6. The Bertz CT molecular complexity index is 181. The molecule has 4 nitrogen and oxygen atoms in total. The van der Waals surface area contributed by atoms with Gasteiger partial charge in [0, 0.05) is 13.0 Å². The standard InChI is InChI=1S/C4H8O3.C4H10.C3H6.C2H4OSi/c5-7-4-1-2-6-3-4;1-3-4-2;1-2-3-1;3-4-1-2-4/h4-5H,1-3H2;3-4H2,1-2H3;1-3H2;1-2H2. The fourth-order valence-corrected chi connectivity index (χ4v) is 1.06. The van der Waals surface area contributed by atoms with Gasteiger partial charge in [0.25, 0.3) is 8.68 Å². The van der Waals surface area contributed by atoms with Crippen LogP contribution in [0.3, 0.4) is 0 Å². The highest BCUT2D eigenvalue weighted by atomic mass is 28.3. The Balaban J connectivity index is 0.000000227. The van der Waals surface area contributed by atoms with Gasteiger partial charge in [-0.25, -0.2) is 4.89 Å². The topological polar surface area (TPSA) is 55.8 Å². The fourth-order valence-electron chi connectivity index (χ4n) is 0.647. The third-order valence-electron chi connectivity index (χ3n) is 2.34. The Morgan fingerprint density at radius 3 is 1.83 bits per heavy atom. The molecule has 1 N–H and O–H groups in total. The molecule has 0 aromatic rings. The molecule has 3 aliphatic rings. The van der Waals surface area contributed by atoms with Crippen molar-refractivity contribution in [1.82, 2.24) is 0 Å². The lowest BCUT2D eigenvalue weighted by molar-refractivity contribution is -0.276. The van der Waals surface area contributed by atoms with E-state index < -0.39 is 8.68 Å². The maximum Gasteiger partial charge on any atom is 0.276 e. The Labute approximate surface area is 112 Å². The SMILES string of the molecule is C1CC1.CCCC.O=[Si]1CC1.OOC1CCOC1. The van der Waals surface area contributed by atoms with Crippen molar-refractivity contribution in [3.05, 3.63) is 0 Å². The summed E-state index contributed by atoms with van der Waals surface area (Å²) >= 11 is 0. The van der Waals surface area contributed by atoms with Crippen LogP contribution in [0.15, 0.2) is 0 Å². The second-order valence-electron chi connectivity index (χ2n) is 4.69. The monoisotopic (exact) mass is 276 g/mol. The van der Waals surface area contributed by atoms with Crippen molar-refractivity contribution in [2.24, 2.45) is 0 Å². The number of rotatable bonds is 2. The highest BCUT2D eigenvalue weighted by Gasteiger charge is 2.17. The van der Waals surface area contributed by atoms with Gasteiger partial charge >= 0.3 is 0 Å². The summed E-state index contributed by atoms with van der Waals surface area (Å²) in [7, 11) is -0.880. The minimum Gasteiger partial charge on any atom is -0.388 e. The van der Waals surface area contributed by atoms with Gasteiger partial charge in [-0.2, -0.15) is 0 Å². The summed E-state index contributed by atoms with van der Waals surface area (Å²) in [6.07, 6.45) is 7.89. The molecule has 2 aliphatic heterocycles. The second-order valence-corrected chi connectivity index (χ2v) is 6.77. The summed E-state index contributed by atoms with van der Waals surface area (Å²) in [5.41, 5.74) is 0. The van der Waals surface area contributed by atoms with Gasteiger partial charge in [-0.05, 0) is 12.1 Å². The molecular weight excluding hydrogens is 248 g/mol. The van der Waals surface area contributed by atoms with Crippen LogP contribution in [0.5, 0.6) is 0 Å². The van der Waals surface area contributed by atoms with E-state index in [0.717, 1.165) is 18.5 Å². The first-order chi connectivity index (χ1) is 8.74. The molecule has 1 saturated carbocycles. The molecule has 0 spiro atoms. The van der Waals surface area contributed by atoms with E-state index in [1.165, 1.54) is 32.1 Å². The van der Waals surface area contributed by atoms with Crippen LogP contribution < -0.4 is 0 Å². The summed E-state index contributed by atoms with van der Waals surface area (Å²) in [5, 5.41) is 7.99. The third kappa shape index (κ3) is 18.3. The molecule has 1 atom stereocenters. The van der Waals surface area contributed by atoms with E-state index in [-0.39, 0.29) is 6.10 Å². The van der Waals surface area contributed by atoms with Gasteiger partial charge in [0.1, 0.15) is 6.10 Å². The first kappa shape index (κ1) is 17.9. The van der Waals surface area contributed by atoms with E-state index in [9.17, 15) is 4.46 Å². The van der Waals surface area contributed by atoms with Crippen molar-refractivity contribution in [3.63, 3.8) is 0 Å². The van der Waals surface area contributed by atoms with Gasteiger partial charge in [0.2, 0.25) is 0 Å². The van der Waals surface area contributed by atoms with Crippen molar-refractivity contribution in [3.8, 4) is 0 Å². The molecule has 3 fully saturated rings. The van der Waals surface area contributed by atoms with Gasteiger partial charge in [0.05, 0.1) is 6.61 Å². The lowest BCUT2D eigenvalue weighted by Crippen LogP contribution is -2.08. The first-order valence-electron chi connectivity index (χ1n) is 7.14. The predicted molar refractivity (Wildman–Crippen MR) is 73.4 cm³/mol. The fraction of sp³-hybridized carbons (Fsp3) is 1.00. The molecule has 0 amide bonds. The molecule has 18 heavy (non-hydrogen) atoms. The molecule has 1 unspecified atom stereocenters. The minimum absolute atomic E-state index is 0.0694. The molecular formula is C13H28O4Si. The molecule has 5 heteroatoms. The molecule has 0 aromatic carbocycles. The number of ether oxygens (including phenoxy) is 1. The van der Waals surface area contributed by atoms with Gasteiger partial charge < -0.3 is 9.20 Å². The van der Waals surface area contributed by atoms with Gasteiger partial charge in [-0.3, -0.25) is 5.26 Å². The summed E-state index contributed by atoms with van der Waals surface area (Å²) in [6, 6.07) is 2.06. The van der Waals surface area contributed by atoms with Crippen molar-refractivity contribution in [1.29, 1.82) is 0 Å². The molecule has 3 rings (SSSR count). The Morgan fingerprint density at radius 2 is 1.72 bits per heavy atom. The second kappa shape index (κ2) is 13.3.